The average Bonchev–Trinajstić information content (AvgIpc) is 2.66. The standard InChI is InChI=1S/C21H30O6/c1-17(22)15-20(23)25-14-6-13-24-19-9-4-7-18(16-19)8-5-12-27-21-10-2-3-11-26-21/h4,7,9,16,21H,2-3,5-6,8,10-15H2,1H3. The number of carbonyl (C=O) groups is 2. The molecular weight excluding hydrogens is 348 g/mol. The molecule has 0 spiro atoms. The fourth-order valence-electron chi connectivity index (χ4n) is 2.81. The monoisotopic (exact) mass is 378 g/mol. The normalized spacial score (nSPS) is 16.7. The van der Waals surface area contributed by atoms with Crippen molar-refractivity contribution < 1.29 is 28.5 Å². The van der Waals surface area contributed by atoms with Gasteiger partial charge in [0.15, 0.2) is 6.29 Å². The van der Waals surface area contributed by atoms with E-state index in [2.05, 4.69) is 6.07 Å². The first-order valence-corrected chi connectivity index (χ1v) is 9.73. The zero-order chi connectivity index (χ0) is 19.3. The zero-order valence-corrected chi connectivity index (χ0v) is 16.1. The minimum atomic E-state index is -0.481. The zero-order valence-electron chi connectivity index (χ0n) is 16.1. The van der Waals surface area contributed by atoms with Gasteiger partial charge in [0.2, 0.25) is 0 Å². The van der Waals surface area contributed by atoms with Crippen LogP contribution in [0.3, 0.4) is 0 Å². The van der Waals surface area contributed by atoms with Gasteiger partial charge in [-0.1, -0.05) is 12.1 Å². The lowest BCUT2D eigenvalue weighted by atomic mass is 10.1. The fraction of sp³-hybridized carbons (Fsp3) is 0.619. The summed E-state index contributed by atoms with van der Waals surface area (Å²) >= 11 is 0. The Labute approximate surface area is 161 Å². The molecule has 6 nitrogen and oxygen atoms in total. The molecule has 1 heterocycles. The highest BCUT2D eigenvalue weighted by molar-refractivity contribution is 5.94. The van der Waals surface area contributed by atoms with Crippen LogP contribution in [0.2, 0.25) is 0 Å². The third-order valence-electron chi connectivity index (χ3n) is 4.16. The molecule has 1 aliphatic rings. The minimum absolute atomic E-state index is 0.0297. The molecule has 1 aromatic rings. The van der Waals surface area contributed by atoms with Gasteiger partial charge in [-0.15, -0.1) is 0 Å². The highest BCUT2D eigenvalue weighted by atomic mass is 16.7. The molecule has 150 valence electrons. The Morgan fingerprint density at radius 2 is 2.04 bits per heavy atom. The number of ketones is 1. The van der Waals surface area contributed by atoms with Gasteiger partial charge in [0.05, 0.1) is 19.8 Å². The third kappa shape index (κ3) is 9.54. The van der Waals surface area contributed by atoms with Crippen molar-refractivity contribution in [3.63, 3.8) is 0 Å². The number of esters is 1. The molecule has 0 saturated carbocycles. The Kier molecular flexibility index (Phi) is 9.87. The quantitative estimate of drug-likeness (QED) is 0.315. The fourth-order valence-corrected chi connectivity index (χ4v) is 2.81. The van der Waals surface area contributed by atoms with E-state index in [9.17, 15) is 9.59 Å². The van der Waals surface area contributed by atoms with E-state index < -0.39 is 5.97 Å². The summed E-state index contributed by atoms with van der Waals surface area (Å²) < 4.78 is 22.0. The maximum atomic E-state index is 11.3. The van der Waals surface area contributed by atoms with E-state index in [-0.39, 0.29) is 25.1 Å². The lowest BCUT2D eigenvalue weighted by Gasteiger charge is -2.22. The van der Waals surface area contributed by atoms with Crippen LogP contribution in [0.4, 0.5) is 0 Å². The summed E-state index contributed by atoms with van der Waals surface area (Å²) in [6, 6.07) is 7.99. The van der Waals surface area contributed by atoms with Crippen LogP contribution in [-0.4, -0.2) is 44.5 Å². The third-order valence-corrected chi connectivity index (χ3v) is 4.16. The molecule has 6 heteroatoms. The summed E-state index contributed by atoms with van der Waals surface area (Å²) in [7, 11) is 0. The van der Waals surface area contributed by atoms with Crippen LogP contribution < -0.4 is 4.74 Å². The van der Waals surface area contributed by atoms with Crippen LogP contribution in [0.15, 0.2) is 24.3 Å². The number of rotatable bonds is 12. The Balaban J connectivity index is 1.57. The van der Waals surface area contributed by atoms with Crippen molar-refractivity contribution in [2.24, 2.45) is 0 Å². The van der Waals surface area contributed by atoms with Gasteiger partial charge in [0.25, 0.3) is 0 Å². The van der Waals surface area contributed by atoms with Crippen LogP contribution in [0, 0.1) is 0 Å². The highest BCUT2D eigenvalue weighted by Gasteiger charge is 2.13. The summed E-state index contributed by atoms with van der Waals surface area (Å²) in [5, 5.41) is 0. The predicted molar refractivity (Wildman–Crippen MR) is 101 cm³/mol. The van der Waals surface area contributed by atoms with Gasteiger partial charge in [-0.2, -0.15) is 0 Å². The Morgan fingerprint density at radius 3 is 2.81 bits per heavy atom. The van der Waals surface area contributed by atoms with Crippen LogP contribution in [0.1, 0.15) is 51.0 Å². The van der Waals surface area contributed by atoms with E-state index in [1.807, 2.05) is 18.2 Å². The number of ether oxygens (including phenoxy) is 4. The van der Waals surface area contributed by atoms with E-state index in [4.69, 9.17) is 18.9 Å². The highest BCUT2D eigenvalue weighted by Crippen LogP contribution is 2.17. The second kappa shape index (κ2) is 12.5. The number of carbonyl (C=O) groups excluding carboxylic acids is 2. The minimum Gasteiger partial charge on any atom is -0.493 e. The molecule has 0 radical (unpaired) electrons. The molecule has 0 aliphatic carbocycles. The van der Waals surface area contributed by atoms with Crippen LogP contribution in [0.5, 0.6) is 5.75 Å². The smallest absolute Gasteiger partial charge is 0.313 e. The van der Waals surface area contributed by atoms with Gasteiger partial charge in [-0.25, -0.2) is 0 Å². The number of hydrogen-bond donors (Lipinski definition) is 0. The van der Waals surface area contributed by atoms with E-state index >= 15 is 0 Å². The van der Waals surface area contributed by atoms with Crippen molar-refractivity contribution in [1.29, 1.82) is 0 Å². The Bertz CT molecular complexity index is 580. The molecule has 1 saturated heterocycles. The lowest BCUT2D eigenvalue weighted by molar-refractivity contribution is -0.162. The van der Waals surface area contributed by atoms with Crippen molar-refractivity contribution in [2.75, 3.05) is 26.4 Å². The van der Waals surface area contributed by atoms with E-state index in [1.165, 1.54) is 18.9 Å². The second-order valence-corrected chi connectivity index (χ2v) is 6.72. The first-order valence-electron chi connectivity index (χ1n) is 9.73. The molecule has 1 unspecified atom stereocenters. The SMILES string of the molecule is CC(=O)CC(=O)OCCCOc1cccc(CCCOC2CCCCO2)c1. The topological polar surface area (TPSA) is 71.1 Å². The summed E-state index contributed by atoms with van der Waals surface area (Å²) in [6.07, 6.45) is 5.56. The van der Waals surface area contributed by atoms with Crippen molar-refractivity contribution >= 4 is 11.8 Å². The van der Waals surface area contributed by atoms with E-state index in [0.717, 1.165) is 38.0 Å². The Morgan fingerprint density at radius 1 is 1.15 bits per heavy atom. The molecule has 0 N–H and O–H groups in total. The average molecular weight is 378 g/mol. The van der Waals surface area contributed by atoms with Gasteiger partial charge in [0, 0.05) is 13.0 Å². The van der Waals surface area contributed by atoms with Crippen molar-refractivity contribution in [3.05, 3.63) is 29.8 Å². The van der Waals surface area contributed by atoms with Crippen LogP contribution in [0.25, 0.3) is 0 Å². The van der Waals surface area contributed by atoms with Crippen molar-refractivity contribution in [1.82, 2.24) is 0 Å². The van der Waals surface area contributed by atoms with Gasteiger partial charge in [-0.05, 0) is 56.7 Å². The van der Waals surface area contributed by atoms with Gasteiger partial charge in [0.1, 0.15) is 18.0 Å². The summed E-state index contributed by atoms with van der Waals surface area (Å²) in [6.45, 7) is 3.58. The number of Topliss-reactive ketones (excluding diaryl/α,β-unsaturated/α-hetero) is 1. The van der Waals surface area contributed by atoms with E-state index in [0.29, 0.717) is 19.6 Å². The summed E-state index contributed by atoms with van der Waals surface area (Å²) in [5.41, 5.74) is 1.20. The molecular formula is C21H30O6. The maximum absolute atomic E-state index is 11.3. The molecule has 2 rings (SSSR count). The molecule has 1 aromatic carbocycles. The lowest BCUT2D eigenvalue weighted by Crippen LogP contribution is -2.22. The van der Waals surface area contributed by atoms with Crippen LogP contribution >= 0.6 is 0 Å². The van der Waals surface area contributed by atoms with Gasteiger partial charge in [-0.3, -0.25) is 9.59 Å². The second-order valence-electron chi connectivity index (χ2n) is 6.72. The molecule has 0 bridgehead atoms. The number of aryl methyl sites for hydroxylation is 1. The van der Waals surface area contributed by atoms with Crippen molar-refractivity contribution in [2.45, 2.75) is 58.2 Å². The first kappa shape index (κ1) is 21.4. The first-order chi connectivity index (χ1) is 13.1. The molecule has 0 amide bonds. The van der Waals surface area contributed by atoms with Crippen molar-refractivity contribution in [3.8, 4) is 5.75 Å². The van der Waals surface area contributed by atoms with Crippen LogP contribution in [-0.2, 0) is 30.2 Å². The maximum Gasteiger partial charge on any atom is 0.313 e. The summed E-state index contributed by atoms with van der Waals surface area (Å²) in [5.74, 6) is 0.133. The molecule has 1 aliphatic heterocycles. The molecule has 0 aromatic heterocycles. The molecule has 1 atom stereocenters. The molecule has 27 heavy (non-hydrogen) atoms. The Hall–Kier alpha value is -1.92. The van der Waals surface area contributed by atoms with Gasteiger partial charge < -0.3 is 18.9 Å². The largest absolute Gasteiger partial charge is 0.493 e. The predicted octanol–water partition coefficient (Wildman–Crippen LogP) is 3.45. The number of hydrogen-bond acceptors (Lipinski definition) is 6. The number of benzene rings is 1. The molecule has 1 fully saturated rings. The van der Waals surface area contributed by atoms with E-state index in [1.54, 1.807) is 0 Å². The van der Waals surface area contributed by atoms with Gasteiger partial charge >= 0.3 is 5.97 Å². The summed E-state index contributed by atoms with van der Waals surface area (Å²) in [4.78, 5) is 22.1.